The molecule has 8 nitrogen and oxygen atoms in total. The van der Waals surface area contributed by atoms with Gasteiger partial charge in [-0.2, -0.15) is 0 Å². The van der Waals surface area contributed by atoms with Crippen molar-refractivity contribution >= 4 is 23.4 Å². The Morgan fingerprint density at radius 3 is 2.39 bits per heavy atom. The number of nitrogens with one attached hydrogen (secondary N) is 2. The van der Waals surface area contributed by atoms with Gasteiger partial charge < -0.3 is 9.47 Å². The second-order valence-corrected chi connectivity index (χ2v) is 5.97. The average Bonchev–Trinajstić information content (AvgIpc) is 2.99. The lowest BCUT2D eigenvalue weighted by molar-refractivity contribution is -0.121. The van der Waals surface area contributed by atoms with Gasteiger partial charge >= 0.3 is 0 Å². The second-order valence-electron chi connectivity index (χ2n) is 5.97. The fourth-order valence-electron chi connectivity index (χ4n) is 2.81. The number of carbonyl (C=O) groups excluding carboxylic acids is 3. The molecule has 1 fully saturated rings. The second kappa shape index (κ2) is 8.05. The van der Waals surface area contributed by atoms with Gasteiger partial charge in [-0.05, 0) is 42.5 Å². The van der Waals surface area contributed by atoms with Crippen molar-refractivity contribution in [3.05, 3.63) is 53.8 Å². The van der Waals surface area contributed by atoms with Crippen LogP contribution in [-0.4, -0.2) is 38.0 Å². The monoisotopic (exact) mass is 387 g/mol. The van der Waals surface area contributed by atoms with Crippen LogP contribution in [0.25, 0.3) is 0 Å². The first-order valence-electron chi connectivity index (χ1n) is 8.35. The van der Waals surface area contributed by atoms with Crippen LogP contribution in [-0.2, 0) is 9.59 Å². The summed E-state index contributed by atoms with van der Waals surface area (Å²) in [5.41, 5.74) is 5.54. The lowest BCUT2D eigenvalue weighted by Crippen LogP contribution is -2.48. The molecule has 2 N–H and O–H groups in total. The summed E-state index contributed by atoms with van der Waals surface area (Å²) in [6.07, 6.45) is -0.136. The molecule has 0 saturated carbocycles. The van der Waals surface area contributed by atoms with Crippen LogP contribution in [0, 0.1) is 5.82 Å². The summed E-state index contributed by atoms with van der Waals surface area (Å²) in [5.74, 6) is -1.12. The molecule has 0 aromatic heterocycles. The molecule has 9 heteroatoms. The molecular formula is C19H18FN3O5. The molecule has 3 rings (SSSR count). The van der Waals surface area contributed by atoms with Crippen molar-refractivity contribution < 1.29 is 28.2 Å². The predicted molar refractivity (Wildman–Crippen MR) is 97.4 cm³/mol. The number of amides is 3. The number of hydrazine groups is 1. The first kappa shape index (κ1) is 19.3. The van der Waals surface area contributed by atoms with E-state index < -0.39 is 29.6 Å². The minimum atomic E-state index is -0.929. The molecule has 0 radical (unpaired) electrons. The predicted octanol–water partition coefficient (Wildman–Crippen LogP) is 1.41. The van der Waals surface area contributed by atoms with E-state index in [0.29, 0.717) is 11.5 Å². The van der Waals surface area contributed by atoms with Crippen LogP contribution < -0.4 is 25.2 Å². The lowest BCUT2D eigenvalue weighted by Gasteiger charge is -2.16. The Hall–Kier alpha value is -3.46. The molecule has 146 valence electrons. The normalized spacial score (nSPS) is 16.2. The van der Waals surface area contributed by atoms with Gasteiger partial charge in [0.05, 0.1) is 26.3 Å². The van der Waals surface area contributed by atoms with Crippen molar-refractivity contribution in [2.24, 2.45) is 0 Å². The molecule has 0 unspecified atom stereocenters. The zero-order valence-electron chi connectivity index (χ0n) is 15.2. The highest BCUT2D eigenvalue weighted by molar-refractivity contribution is 6.22. The maximum absolute atomic E-state index is 13.1. The summed E-state index contributed by atoms with van der Waals surface area (Å²) in [4.78, 5) is 38.0. The Kier molecular flexibility index (Phi) is 5.55. The van der Waals surface area contributed by atoms with Crippen LogP contribution in [0.1, 0.15) is 16.8 Å². The van der Waals surface area contributed by atoms with E-state index in [-0.39, 0.29) is 17.7 Å². The first-order chi connectivity index (χ1) is 13.4. The van der Waals surface area contributed by atoms with Crippen LogP contribution in [0.4, 0.5) is 10.1 Å². The molecule has 0 aliphatic carbocycles. The van der Waals surface area contributed by atoms with Crippen molar-refractivity contribution in [2.45, 2.75) is 12.5 Å². The molecule has 1 aliphatic heterocycles. The Bertz CT molecular complexity index is 916. The fraction of sp³-hybridized carbons (Fsp3) is 0.211. The Labute approximate surface area is 160 Å². The van der Waals surface area contributed by atoms with Crippen molar-refractivity contribution in [1.29, 1.82) is 0 Å². The van der Waals surface area contributed by atoms with E-state index in [0.717, 1.165) is 17.0 Å². The van der Waals surface area contributed by atoms with Crippen molar-refractivity contribution in [3.8, 4) is 11.5 Å². The molecule has 2 aromatic carbocycles. The zero-order chi connectivity index (χ0) is 20.3. The van der Waals surface area contributed by atoms with E-state index in [1.807, 2.05) is 0 Å². The van der Waals surface area contributed by atoms with Crippen LogP contribution >= 0.6 is 0 Å². The Morgan fingerprint density at radius 1 is 1.07 bits per heavy atom. The van der Waals surface area contributed by atoms with E-state index in [4.69, 9.17) is 9.47 Å². The Balaban J connectivity index is 1.66. The minimum absolute atomic E-state index is 0.136. The quantitative estimate of drug-likeness (QED) is 0.575. The number of imide groups is 1. The summed E-state index contributed by atoms with van der Waals surface area (Å²) in [5, 5.41) is 0. The molecule has 1 aliphatic rings. The number of benzene rings is 2. The number of anilines is 1. The van der Waals surface area contributed by atoms with E-state index in [1.165, 1.54) is 38.5 Å². The summed E-state index contributed by atoms with van der Waals surface area (Å²) in [6, 6.07) is 8.68. The number of carbonyl (C=O) groups is 3. The van der Waals surface area contributed by atoms with Gasteiger partial charge in [-0.15, -0.1) is 0 Å². The number of rotatable bonds is 6. The maximum Gasteiger partial charge on any atom is 0.265 e. The van der Waals surface area contributed by atoms with E-state index in [1.54, 1.807) is 6.07 Å². The highest BCUT2D eigenvalue weighted by atomic mass is 19.1. The summed E-state index contributed by atoms with van der Waals surface area (Å²) in [6.45, 7) is 0. The van der Waals surface area contributed by atoms with Crippen molar-refractivity contribution in [1.82, 2.24) is 10.9 Å². The van der Waals surface area contributed by atoms with Gasteiger partial charge in [-0.1, -0.05) is 0 Å². The highest BCUT2D eigenvalue weighted by Crippen LogP contribution is 2.27. The smallest absolute Gasteiger partial charge is 0.265 e. The van der Waals surface area contributed by atoms with E-state index >= 15 is 0 Å². The van der Waals surface area contributed by atoms with Gasteiger partial charge in [-0.25, -0.2) is 14.7 Å². The molecule has 2 aromatic rings. The number of hydrogen-bond donors (Lipinski definition) is 2. The molecule has 1 atom stereocenters. The molecule has 3 amide bonds. The number of hydrogen-bond acceptors (Lipinski definition) is 6. The Morgan fingerprint density at radius 2 is 1.75 bits per heavy atom. The molecule has 1 heterocycles. The largest absolute Gasteiger partial charge is 0.493 e. The van der Waals surface area contributed by atoms with Gasteiger partial charge in [0.25, 0.3) is 11.8 Å². The molecule has 0 spiro atoms. The minimum Gasteiger partial charge on any atom is -0.493 e. The molecular weight excluding hydrogens is 369 g/mol. The van der Waals surface area contributed by atoms with Crippen LogP contribution in [0.2, 0.25) is 0 Å². The van der Waals surface area contributed by atoms with Gasteiger partial charge in [-0.3, -0.25) is 19.8 Å². The highest BCUT2D eigenvalue weighted by Gasteiger charge is 2.39. The zero-order valence-corrected chi connectivity index (χ0v) is 15.2. The average molecular weight is 387 g/mol. The van der Waals surface area contributed by atoms with E-state index in [9.17, 15) is 18.8 Å². The van der Waals surface area contributed by atoms with Crippen molar-refractivity contribution in [2.75, 3.05) is 19.1 Å². The number of ether oxygens (including phenoxy) is 2. The SMILES string of the molecule is COc1ccc(C(=O)NN[C@H]2CC(=O)N(c3ccc(F)cc3)C2=O)cc1OC. The van der Waals surface area contributed by atoms with Gasteiger partial charge in [0.2, 0.25) is 5.91 Å². The summed E-state index contributed by atoms with van der Waals surface area (Å²) >= 11 is 0. The lowest BCUT2D eigenvalue weighted by atomic mass is 10.2. The van der Waals surface area contributed by atoms with Crippen LogP contribution in [0.15, 0.2) is 42.5 Å². The van der Waals surface area contributed by atoms with Gasteiger partial charge in [0, 0.05) is 5.56 Å². The summed E-state index contributed by atoms with van der Waals surface area (Å²) < 4.78 is 23.3. The number of halogens is 1. The topological polar surface area (TPSA) is 97.0 Å². The molecule has 1 saturated heterocycles. The third-order valence-corrected chi connectivity index (χ3v) is 4.24. The first-order valence-corrected chi connectivity index (χ1v) is 8.35. The third kappa shape index (κ3) is 3.79. The van der Waals surface area contributed by atoms with Crippen molar-refractivity contribution in [3.63, 3.8) is 0 Å². The standard InChI is InChI=1S/C19H18FN3O5/c1-27-15-8-3-11(9-16(15)28-2)18(25)22-21-14-10-17(24)23(19(14)26)13-6-4-12(20)5-7-13/h3-9,14,21H,10H2,1-2H3,(H,22,25)/t14-/m0/s1. The van der Waals surface area contributed by atoms with Crippen LogP contribution in [0.5, 0.6) is 11.5 Å². The van der Waals surface area contributed by atoms with Crippen LogP contribution in [0.3, 0.4) is 0 Å². The van der Waals surface area contributed by atoms with Gasteiger partial charge in [0.15, 0.2) is 11.5 Å². The number of nitrogens with zero attached hydrogens (tertiary/aromatic N) is 1. The number of methoxy groups -OCH3 is 2. The molecule has 28 heavy (non-hydrogen) atoms. The van der Waals surface area contributed by atoms with Gasteiger partial charge in [0.1, 0.15) is 11.9 Å². The summed E-state index contributed by atoms with van der Waals surface area (Å²) in [7, 11) is 2.93. The maximum atomic E-state index is 13.1. The third-order valence-electron chi connectivity index (χ3n) is 4.24. The molecule has 0 bridgehead atoms. The van der Waals surface area contributed by atoms with E-state index in [2.05, 4.69) is 10.9 Å². The fourth-order valence-corrected chi connectivity index (χ4v) is 2.81.